The lowest BCUT2D eigenvalue weighted by Gasteiger charge is -2.15. The molecule has 1 amide bonds. The zero-order valence-electron chi connectivity index (χ0n) is 18.1. The van der Waals surface area contributed by atoms with E-state index in [4.69, 9.17) is 28.3 Å². The highest BCUT2D eigenvalue weighted by molar-refractivity contribution is 7.20. The van der Waals surface area contributed by atoms with Crippen molar-refractivity contribution in [3.63, 3.8) is 0 Å². The lowest BCUT2D eigenvalue weighted by Crippen LogP contribution is -2.27. The molecule has 4 nitrogen and oxygen atoms in total. The van der Waals surface area contributed by atoms with Gasteiger partial charge in [0.25, 0.3) is 5.91 Å². The van der Waals surface area contributed by atoms with Crippen molar-refractivity contribution in [1.82, 2.24) is 14.9 Å². The summed E-state index contributed by atoms with van der Waals surface area (Å²) < 4.78 is 1.91. The molecule has 1 atom stereocenters. The van der Waals surface area contributed by atoms with Crippen LogP contribution in [0.1, 0.15) is 64.4 Å². The molecule has 4 aromatic rings. The SMILES string of the molecule is Cc1nn2c(C(C)C)c(C(=O)N[C@H]3CCc4ccccc43)sc2c1-c1cccc(Cl)c1Cl. The maximum Gasteiger partial charge on any atom is 0.263 e. The van der Waals surface area contributed by atoms with Crippen molar-refractivity contribution in [2.24, 2.45) is 0 Å². The van der Waals surface area contributed by atoms with E-state index >= 15 is 0 Å². The number of thiazole rings is 1. The zero-order valence-corrected chi connectivity index (χ0v) is 20.4. The third kappa shape index (κ3) is 3.43. The highest BCUT2D eigenvalue weighted by Gasteiger charge is 2.29. The number of rotatable bonds is 4. The van der Waals surface area contributed by atoms with Crippen LogP contribution in [0.15, 0.2) is 42.5 Å². The second-order valence-electron chi connectivity index (χ2n) is 8.51. The fraction of sp³-hybridized carbons (Fsp3) is 0.280. The van der Waals surface area contributed by atoms with Gasteiger partial charge in [-0.15, -0.1) is 11.3 Å². The Hall–Kier alpha value is -2.34. The highest BCUT2D eigenvalue weighted by Crippen LogP contribution is 2.42. The van der Waals surface area contributed by atoms with Gasteiger partial charge in [-0.2, -0.15) is 5.10 Å². The number of benzene rings is 2. The maximum atomic E-state index is 13.5. The van der Waals surface area contributed by atoms with Gasteiger partial charge in [-0.05, 0) is 42.9 Å². The fourth-order valence-electron chi connectivity index (χ4n) is 4.62. The van der Waals surface area contributed by atoms with E-state index in [1.54, 1.807) is 6.07 Å². The summed E-state index contributed by atoms with van der Waals surface area (Å²) in [6.07, 6.45) is 1.91. The van der Waals surface area contributed by atoms with Crippen molar-refractivity contribution < 1.29 is 4.79 Å². The first-order chi connectivity index (χ1) is 15.4. The van der Waals surface area contributed by atoms with Gasteiger partial charge in [0.05, 0.1) is 27.5 Å². The lowest BCUT2D eigenvalue weighted by molar-refractivity contribution is 0.0939. The summed E-state index contributed by atoms with van der Waals surface area (Å²) in [5.74, 6) is 0.0778. The molecule has 2 aromatic carbocycles. The third-order valence-corrected chi connectivity index (χ3v) is 8.08. The number of carbonyl (C=O) groups excluding carboxylic acids is 1. The van der Waals surface area contributed by atoms with Crippen molar-refractivity contribution >= 4 is 45.3 Å². The number of carbonyl (C=O) groups is 1. The van der Waals surface area contributed by atoms with Crippen molar-refractivity contribution in [2.45, 2.75) is 45.6 Å². The van der Waals surface area contributed by atoms with E-state index < -0.39 is 0 Å². The number of nitrogens with one attached hydrogen (secondary N) is 1. The van der Waals surface area contributed by atoms with Crippen LogP contribution in [0.4, 0.5) is 0 Å². The van der Waals surface area contributed by atoms with Gasteiger partial charge in [-0.25, -0.2) is 4.52 Å². The second kappa shape index (κ2) is 8.22. The van der Waals surface area contributed by atoms with Crippen LogP contribution in [-0.2, 0) is 6.42 Å². The summed E-state index contributed by atoms with van der Waals surface area (Å²) in [4.78, 5) is 15.1. The van der Waals surface area contributed by atoms with E-state index in [2.05, 4.69) is 37.4 Å². The molecule has 2 aromatic heterocycles. The molecule has 0 saturated carbocycles. The van der Waals surface area contributed by atoms with Crippen LogP contribution < -0.4 is 5.32 Å². The molecule has 0 unspecified atom stereocenters. The van der Waals surface area contributed by atoms with E-state index in [0.717, 1.165) is 40.2 Å². The van der Waals surface area contributed by atoms with Gasteiger partial charge < -0.3 is 5.32 Å². The minimum atomic E-state index is -0.0494. The maximum absolute atomic E-state index is 13.5. The van der Waals surface area contributed by atoms with E-state index in [1.807, 2.05) is 29.6 Å². The molecule has 1 N–H and O–H groups in total. The van der Waals surface area contributed by atoms with Gasteiger partial charge >= 0.3 is 0 Å². The predicted molar refractivity (Wildman–Crippen MR) is 132 cm³/mol. The molecule has 0 aliphatic heterocycles. The summed E-state index contributed by atoms with van der Waals surface area (Å²) in [6, 6.07) is 14.0. The average molecular weight is 484 g/mol. The number of amides is 1. The van der Waals surface area contributed by atoms with Crippen LogP contribution in [0.3, 0.4) is 0 Å². The zero-order chi connectivity index (χ0) is 22.6. The minimum Gasteiger partial charge on any atom is -0.344 e. The van der Waals surface area contributed by atoms with Crippen molar-refractivity contribution in [3.05, 3.63) is 79.9 Å². The molecule has 0 radical (unpaired) electrons. The highest BCUT2D eigenvalue weighted by atomic mass is 35.5. The number of aryl methyl sites for hydroxylation is 2. The topological polar surface area (TPSA) is 46.4 Å². The summed E-state index contributed by atoms with van der Waals surface area (Å²) in [5, 5.41) is 9.07. The second-order valence-corrected chi connectivity index (χ2v) is 10.3. The Balaban J connectivity index is 1.60. The normalized spacial score (nSPS) is 15.5. The van der Waals surface area contributed by atoms with E-state index in [9.17, 15) is 4.79 Å². The molecule has 1 aliphatic rings. The molecule has 2 heterocycles. The third-order valence-electron chi connectivity index (χ3n) is 6.09. The Morgan fingerprint density at radius 1 is 1.19 bits per heavy atom. The van der Waals surface area contributed by atoms with Gasteiger partial charge in [-0.3, -0.25) is 4.79 Å². The standard InChI is InChI=1S/C25H23Cl2N3OS/c1-13(2)22-23(24(31)28-19-12-11-15-7-4-5-8-16(15)19)32-25-20(14(3)29-30(22)25)17-9-6-10-18(26)21(17)27/h4-10,13,19H,11-12H2,1-3H3,(H,28,31)/t19-/m0/s1. The van der Waals surface area contributed by atoms with Gasteiger partial charge in [-0.1, -0.05) is 73.4 Å². The molecular weight excluding hydrogens is 461 g/mol. The summed E-state index contributed by atoms with van der Waals surface area (Å²) in [5.41, 5.74) is 6.07. The summed E-state index contributed by atoms with van der Waals surface area (Å²) >= 11 is 14.3. The fourth-order valence-corrected chi connectivity index (χ4v) is 6.37. The van der Waals surface area contributed by atoms with Gasteiger partial charge in [0.2, 0.25) is 0 Å². The van der Waals surface area contributed by atoms with Crippen molar-refractivity contribution in [1.29, 1.82) is 0 Å². The molecule has 32 heavy (non-hydrogen) atoms. The first-order valence-corrected chi connectivity index (χ1v) is 12.3. The van der Waals surface area contributed by atoms with E-state index in [-0.39, 0.29) is 17.9 Å². The van der Waals surface area contributed by atoms with Crippen LogP contribution in [0, 0.1) is 6.92 Å². The quantitative estimate of drug-likeness (QED) is 0.333. The lowest BCUT2D eigenvalue weighted by atomic mass is 10.1. The molecule has 0 spiro atoms. The average Bonchev–Trinajstić information content (AvgIpc) is 3.42. The summed E-state index contributed by atoms with van der Waals surface area (Å²) in [7, 11) is 0. The number of nitrogens with zero attached hydrogens (tertiary/aromatic N) is 2. The van der Waals surface area contributed by atoms with Crippen LogP contribution in [-0.4, -0.2) is 15.5 Å². The first-order valence-electron chi connectivity index (χ1n) is 10.7. The minimum absolute atomic E-state index is 0.0386. The van der Waals surface area contributed by atoms with Crippen molar-refractivity contribution in [3.8, 4) is 11.1 Å². The molecule has 7 heteroatoms. The number of halogens is 2. The molecule has 164 valence electrons. The first kappa shape index (κ1) is 21.5. The number of aromatic nitrogens is 2. The van der Waals surface area contributed by atoms with E-state index in [1.165, 1.54) is 22.5 Å². The molecule has 0 saturated heterocycles. The van der Waals surface area contributed by atoms with Crippen LogP contribution in [0.2, 0.25) is 10.0 Å². The Kier molecular flexibility index (Phi) is 5.52. The van der Waals surface area contributed by atoms with E-state index in [0.29, 0.717) is 14.9 Å². The van der Waals surface area contributed by atoms with Gasteiger partial charge in [0, 0.05) is 11.1 Å². The molecule has 1 aliphatic carbocycles. The number of hydrogen-bond acceptors (Lipinski definition) is 3. The molecule has 0 fully saturated rings. The van der Waals surface area contributed by atoms with Crippen molar-refractivity contribution in [2.75, 3.05) is 0 Å². The van der Waals surface area contributed by atoms with Gasteiger partial charge in [0.15, 0.2) is 0 Å². The Bertz CT molecular complexity index is 1350. The number of hydrogen-bond donors (Lipinski definition) is 1. The van der Waals surface area contributed by atoms with Crippen LogP contribution >= 0.6 is 34.5 Å². The molecule has 5 rings (SSSR count). The number of fused-ring (bicyclic) bond motifs is 2. The van der Waals surface area contributed by atoms with Crippen LogP contribution in [0.25, 0.3) is 16.0 Å². The Labute approximate surface area is 201 Å². The van der Waals surface area contributed by atoms with Crippen LogP contribution in [0.5, 0.6) is 0 Å². The predicted octanol–water partition coefficient (Wildman–Crippen LogP) is 7.22. The smallest absolute Gasteiger partial charge is 0.263 e. The monoisotopic (exact) mass is 483 g/mol. The largest absolute Gasteiger partial charge is 0.344 e. The molecule has 0 bridgehead atoms. The Morgan fingerprint density at radius 2 is 1.97 bits per heavy atom. The molecular formula is C25H23Cl2N3OS. The van der Waals surface area contributed by atoms with Gasteiger partial charge in [0.1, 0.15) is 9.71 Å². The Morgan fingerprint density at radius 3 is 2.75 bits per heavy atom. The summed E-state index contributed by atoms with van der Waals surface area (Å²) in [6.45, 7) is 6.14.